The molecular weight excluding hydrogens is 305 g/mol. The molecule has 2 aromatic heterocycles. The van der Waals surface area contributed by atoms with Gasteiger partial charge in [0.25, 0.3) is 5.91 Å². The molecule has 2 heterocycles. The summed E-state index contributed by atoms with van der Waals surface area (Å²) >= 11 is 11.6. The third-order valence-corrected chi connectivity index (χ3v) is 2.99. The Bertz CT molecular complexity index is 697. The van der Waals surface area contributed by atoms with Crippen LogP contribution in [0.1, 0.15) is 26.5 Å². The van der Waals surface area contributed by atoms with Crippen LogP contribution in [0, 0.1) is 6.92 Å². The van der Waals surface area contributed by atoms with E-state index >= 15 is 0 Å². The Morgan fingerprint density at radius 3 is 2.70 bits per heavy atom. The van der Waals surface area contributed by atoms with Crippen LogP contribution in [0.25, 0.3) is 0 Å². The van der Waals surface area contributed by atoms with Gasteiger partial charge in [-0.1, -0.05) is 23.2 Å². The second kappa shape index (κ2) is 5.52. The molecule has 2 aromatic rings. The van der Waals surface area contributed by atoms with Crippen molar-refractivity contribution in [2.75, 3.05) is 5.32 Å². The van der Waals surface area contributed by atoms with Crippen molar-refractivity contribution < 1.29 is 14.7 Å². The number of aromatic nitrogens is 2. The van der Waals surface area contributed by atoms with Crippen LogP contribution >= 0.6 is 23.2 Å². The van der Waals surface area contributed by atoms with Crippen LogP contribution in [0.5, 0.6) is 0 Å². The van der Waals surface area contributed by atoms with Crippen LogP contribution < -0.4 is 5.32 Å². The van der Waals surface area contributed by atoms with Gasteiger partial charge in [0, 0.05) is 11.9 Å². The molecule has 0 fully saturated rings. The lowest BCUT2D eigenvalue weighted by Crippen LogP contribution is -2.14. The number of aromatic amines is 1. The van der Waals surface area contributed by atoms with Crippen molar-refractivity contribution in [2.24, 2.45) is 0 Å². The van der Waals surface area contributed by atoms with Gasteiger partial charge in [-0.3, -0.25) is 4.79 Å². The first kappa shape index (κ1) is 14.4. The summed E-state index contributed by atoms with van der Waals surface area (Å²) in [6.07, 6.45) is 1.25. The molecule has 0 bridgehead atoms. The Morgan fingerprint density at radius 2 is 2.05 bits per heavy atom. The van der Waals surface area contributed by atoms with Gasteiger partial charge in [-0.15, -0.1) is 0 Å². The van der Waals surface area contributed by atoms with E-state index < -0.39 is 11.9 Å². The normalized spacial score (nSPS) is 10.3. The molecule has 0 aliphatic carbocycles. The summed E-state index contributed by atoms with van der Waals surface area (Å²) in [5, 5.41) is 11.7. The Hall–Kier alpha value is -2.05. The van der Waals surface area contributed by atoms with E-state index in [1.807, 2.05) is 0 Å². The minimum Gasteiger partial charge on any atom is -0.477 e. The van der Waals surface area contributed by atoms with Crippen molar-refractivity contribution in [3.63, 3.8) is 0 Å². The lowest BCUT2D eigenvalue weighted by molar-refractivity contribution is 0.0692. The van der Waals surface area contributed by atoms with Crippen molar-refractivity contribution in [1.29, 1.82) is 0 Å². The van der Waals surface area contributed by atoms with E-state index in [0.29, 0.717) is 5.69 Å². The number of aryl methyl sites for hydroxylation is 1. The number of carbonyl (C=O) groups is 2. The zero-order valence-electron chi connectivity index (χ0n) is 10.2. The van der Waals surface area contributed by atoms with Crippen molar-refractivity contribution in [1.82, 2.24) is 9.97 Å². The molecule has 20 heavy (non-hydrogen) atoms. The number of hydrogen-bond donors (Lipinski definition) is 3. The highest BCUT2D eigenvalue weighted by Crippen LogP contribution is 2.22. The molecule has 0 aliphatic heterocycles. The average Bonchev–Trinajstić information content (AvgIpc) is 2.73. The Kier molecular flexibility index (Phi) is 3.96. The summed E-state index contributed by atoms with van der Waals surface area (Å²) in [4.78, 5) is 29.5. The smallest absolute Gasteiger partial charge is 0.354 e. The van der Waals surface area contributed by atoms with Crippen molar-refractivity contribution in [2.45, 2.75) is 6.92 Å². The van der Waals surface area contributed by atoms with E-state index in [1.165, 1.54) is 18.3 Å². The average molecular weight is 314 g/mol. The molecule has 0 spiro atoms. The van der Waals surface area contributed by atoms with Crippen LogP contribution in [0.2, 0.25) is 10.2 Å². The van der Waals surface area contributed by atoms with Gasteiger partial charge in [-0.2, -0.15) is 0 Å². The fraction of sp³-hybridized carbons (Fsp3) is 0.0833. The third kappa shape index (κ3) is 2.92. The maximum absolute atomic E-state index is 12.1. The molecule has 1 amide bonds. The van der Waals surface area contributed by atoms with Gasteiger partial charge in [0.15, 0.2) is 0 Å². The number of halogens is 2. The molecule has 3 N–H and O–H groups in total. The Balaban J connectivity index is 2.32. The van der Waals surface area contributed by atoms with Gasteiger partial charge in [0.1, 0.15) is 10.8 Å². The summed E-state index contributed by atoms with van der Waals surface area (Å²) in [6, 6.07) is 2.82. The van der Waals surface area contributed by atoms with Crippen molar-refractivity contribution >= 4 is 40.8 Å². The number of carboxylic acid groups (broad SMARTS) is 1. The molecule has 0 unspecified atom stereocenters. The summed E-state index contributed by atoms with van der Waals surface area (Å²) < 4.78 is 0. The summed E-state index contributed by atoms with van der Waals surface area (Å²) in [7, 11) is 0. The molecular formula is C12H9Cl2N3O3. The zero-order chi connectivity index (χ0) is 14.9. The van der Waals surface area contributed by atoms with Gasteiger partial charge in [0.2, 0.25) is 0 Å². The number of nitrogens with one attached hydrogen (secondary N) is 2. The van der Waals surface area contributed by atoms with Gasteiger partial charge >= 0.3 is 5.97 Å². The lowest BCUT2D eigenvalue weighted by Gasteiger charge is -2.06. The molecule has 2 rings (SSSR count). The first-order valence-corrected chi connectivity index (χ1v) is 6.19. The highest BCUT2D eigenvalue weighted by Gasteiger charge is 2.18. The summed E-state index contributed by atoms with van der Waals surface area (Å²) in [5.74, 6) is -1.74. The van der Waals surface area contributed by atoms with Crippen LogP contribution in [0.4, 0.5) is 5.69 Å². The largest absolute Gasteiger partial charge is 0.477 e. The molecule has 0 saturated heterocycles. The first-order chi connectivity index (χ1) is 9.38. The molecule has 0 atom stereocenters. The molecule has 0 saturated carbocycles. The fourth-order valence-corrected chi connectivity index (χ4v) is 1.98. The number of amides is 1. The first-order valence-electron chi connectivity index (χ1n) is 5.44. The van der Waals surface area contributed by atoms with Gasteiger partial charge in [-0.05, 0) is 19.1 Å². The predicted octanol–water partition coefficient (Wildman–Crippen LogP) is 2.98. The number of H-pyrrole nitrogens is 1. The van der Waals surface area contributed by atoms with E-state index in [2.05, 4.69) is 15.3 Å². The minimum atomic E-state index is -1.17. The van der Waals surface area contributed by atoms with E-state index in [9.17, 15) is 9.59 Å². The van der Waals surface area contributed by atoms with Gasteiger partial charge < -0.3 is 15.4 Å². The van der Waals surface area contributed by atoms with E-state index in [0.717, 1.165) is 0 Å². The maximum atomic E-state index is 12.1. The van der Waals surface area contributed by atoms with E-state index in [1.54, 1.807) is 6.92 Å². The van der Waals surface area contributed by atoms with Crippen molar-refractivity contribution in [3.8, 4) is 0 Å². The van der Waals surface area contributed by atoms with Crippen LogP contribution in [0.15, 0.2) is 18.3 Å². The fourth-order valence-electron chi connectivity index (χ4n) is 1.63. The van der Waals surface area contributed by atoms with Crippen LogP contribution in [0.3, 0.4) is 0 Å². The molecule has 0 aromatic carbocycles. The molecule has 6 nitrogen and oxygen atoms in total. The SMILES string of the molecule is Cc1cc(NC(=O)c2cc(Cl)ncc2Cl)c(C(=O)O)[nH]1. The van der Waals surface area contributed by atoms with Gasteiger partial charge in [0.05, 0.1) is 16.3 Å². The number of carbonyl (C=O) groups excluding carboxylic acids is 1. The maximum Gasteiger partial charge on any atom is 0.354 e. The van der Waals surface area contributed by atoms with E-state index in [4.69, 9.17) is 28.3 Å². The van der Waals surface area contributed by atoms with E-state index in [-0.39, 0.29) is 27.1 Å². The standard InChI is InChI=1S/C12H9Cl2N3O3/c1-5-2-8(10(16-5)12(19)20)17-11(18)6-3-9(14)15-4-7(6)13/h2-4,16H,1H3,(H,17,18)(H,19,20). The molecule has 104 valence electrons. The predicted molar refractivity (Wildman–Crippen MR) is 74.7 cm³/mol. The number of aromatic carboxylic acids is 1. The monoisotopic (exact) mass is 313 g/mol. The third-order valence-electron chi connectivity index (χ3n) is 2.48. The van der Waals surface area contributed by atoms with Crippen LogP contribution in [-0.2, 0) is 0 Å². The number of pyridine rings is 1. The summed E-state index contributed by atoms with van der Waals surface area (Å²) in [5.41, 5.74) is 0.773. The number of hydrogen-bond acceptors (Lipinski definition) is 3. The molecule has 8 heteroatoms. The number of carboxylic acids is 1. The zero-order valence-corrected chi connectivity index (χ0v) is 11.7. The number of nitrogens with zero attached hydrogens (tertiary/aromatic N) is 1. The minimum absolute atomic E-state index is 0.105. The quantitative estimate of drug-likeness (QED) is 0.759. The second-order valence-electron chi connectivity index (χ2n) is 3.99. The van der Waals surface area contributed by atoms with Crippen molar-refractivity contribution in [3.05, 3.63) is 45.5 Å². The van der Waals surface area contributed by atoms with Crippen LogP contribution in [-0.4, -0.2) is 27.0 Å². The molecule has 0 aliphatic rings. The lowest BCUT2D eigenvalue weighted by atomic mass is 10.2. The topological polar surface area (TPSA) is 95.1 Å². The second-order valence-corrected chi connectivity index (χ2v) is 4.78. The summed E-state index contributed by atoms with van der Waals surface area (Å²) in [6.45, 7) is 1.68. The Morgan fingerprint density at radius 1 is 1.35 bits per heavy atom. The van der Waals surface area contributed by atoms with Gasteiger partial charge in [-0.25, -0.2) is 9.78 Å². The Labute approximate surface area is 123 Å². The highest BCUT2D eigenvalue weighted by molar-refractivity contribution is 6.35. The molecule has 0 radical (unpaired) electrons. The number of anilines is 1. The number of rotatable bonds is 3. The highest BCUT2D eigenvalue weighted by atomic mass is 35.5.